The van der Waals surface area contributed by atoms with Gasteiger partial charge in [-0.2, -0.15) is 0 Å². The SMILES string of the molecule is CNC(CC1OCCc2ccccc21)c1cc(Br)c(Br)s1. The lowest BCUT2D eigenvalue weighted by Crippen LogP contribution is -2.23. The minimum atomic E-state index is 0.173. The number of hydrogen-bond donors (Lipinski definition) is 1. The van der Waals surface area contributed by atoms with Crippen molar-refractivity contribution < 1.29 is 4.74 Å². The quantitative estimate of drug-likeness (QED) is 0.716. The van der Waals surface area contributed by atoms with E-state index in [4.69, 9.17) is 4.74 Å². The molecule has 0 radical (unpaired) electrons. The van der Waals surface area contributed by atoms with Crippen molar-refractivity contribution in [2.75, 3.05) is 13.7 Å². The van der Waals surface area contributed by atoms with E-state index >= 15 is 0 Å². The van der Waals surface area contributed by atoms with Crippen molar-refractivity contribution in [3.8, 4) is 0 Å². The van der Waals surface area contributed by atoms with E-state index in [1.165, 1.54) is 16.0 Å². The highest BCUT2D eigenvalue weighted by molar-refractivity contribution is 9.13. The molecule has 21 heavy (non-hydrogen) atoms. The lowest BCUT2D eigenvalue weighted by atomic mass is 9.93. The lowest BCUT2D eigenvalue weighted by molar-refractivity contribution is 0.0301. The molecule has 0 fully saturated rings. The molecule has 2 unspecified atom stereocenters. The van der Waals surface area contributed by atoms with Crippen molar-refractivity contribution >= 4 is 43.2 Å². The molecule has 0 spiro atoms. The highest BCUT2D eigenvalue weighted by atomic mass is 79.9. The van der Waals surface area contributed by atoms with Gasteiger partial charge in [0.05, 0.1) is 16.5 Å². The minimum absolute atomic E-state index is 0.173. The number of thiophene rings is 1. The summed E-state index contributed by atoms with van der Waals surface area (Å²) >= 11 is 8.91. The van der Waals surface area contributed by atoms with Gasteiger partial charge in [-0.15, -0.1) is 11.3 Å². The molecule has 1 aliphatic heterocycles. The zero-order chi connectivity index (χ0) is 14.8. The van der Waals surface area contributed by atoms with E-state index in [1.54, 1.807) is 11.3 Å². The summed E-state index contributed by atoms with van der Waals surface area (Å²) in [4.78, 5) is 1.32. The highest BCUT2D eigenvalue weighted by Crippen LogP contribution is 2.40. The van der Waals surface area contributed by atoms with Gasteiger partial charge in [0.25, 0.3) is 0 Å². The molecule has 1 aromatic heterocycles. The standard InChI is InChI=1S/C16H17Br2NOS/c1-19-13(15-8-12(17)16(18)21-15)9-14-11-5-3-2-4-10(11)6-7-20-14/h2-5,8,13-14,19H,6-7,9H2,1H3. The van der Waals surface area contributed by atoms with Crippen LogP contribution in [0.1, 0.15) is 34.6 Å². The topological polar surface area (TPSA) is 21.3 Å². The van der Waals surface area contributed by atoms with Crippen molar-refractivity contribution in [3.63, 3.8) is 0 Å². The molecule has 1 N–H and O–H groups in total. The first-order valence-corrected chi connectivity index (χ1v) is 9.40. The van der Waals surface area contributed by atoms with Crippen LogP contribution in [0.15, 0.2) is 38.6 Å². The van der Waals surface area contributed by atoms with Crippen LogP contribution >= 0.6 is 43.2 Å². The van der Waals surface area contributed by atoms with Crippen LogP contribution in [0, 0.1) is 0 Å². The largest absolute Gasteiger partial charge is 0.373 e. The fraction of sp³-hybridized carbons (Fsp3) is 0.375. The van der Waals surface area contributed by atoms with Crippen LogP contribution in [0.2, 0.25) is 0 Å². The lowest BCUT2D eigenvalue weighted by Gasteiger charge is -2.29. The molecule has 2 aromatic rings. The Morgan fingerprint density at radius 3 is 2.90 bits per heavy atom. The van der Waals surface area contributed by atoms with Gasteiger partial charge in [0.1, 0.15) is 0 Å². The normalized spacial score (nSPS) is 19.3. The predicted molar refractivity (Wildman–Crippen MR) is 95.0 cm³/mol. The molecule has 1 aromatic carbocycles. The van der Waals surface area contributed by atoms with E-state index in [9.17, 15) is 0 Å². The van der Waals surface area contributed by atoms with E-state index in [0.29, 0.717) is 6.04 Å². The number of hydrogen-bond acceptors (Lipinski definition) is 3. The maximum Gasteiger partial charge on any atom is 0.0846 e. The Hall–Kier alpha value is -0.200. The van der Waals surface area contributed by atoms with Gasteiger partial charge in [0.15, 0.2) is 0 Å². The van der Waals surface area contributed by atoms with E-state index in [1.807, 2.05) is 7.05 Å². The van der Waals surface area contributed by atoms with Gasteiger partial charge in [-0.25, -0.2) is 0 Å². The smallest absolute Gasteiger partial charge is 0.0846 e. The second kappa shape index (κ2) is 6.92. The second-order valence-electron chi connectivity index (χ2n) is 5.16. The summed E-state index contributed by atoms with van der Waals surface area (Å²) in [5, 5.41) is 3.43. The maximum atomic E-state index is 6.04. The summed E-state index contributed by atoms with van der Waals surface area (Å²) in [6, 6.07) is 11.1. The predicted octanol–water partition coefficient (Wildman–Crippen LogP) is 5.24. The fourth-order valence-corrected chi connectivity index (χ4v) is 5.01. The minimum Gasteiger partial charge on any atom is -0.373 e. The molecule has 2 nitrogen and oxygen atoms in total. The van der Waals surface area contributed by atoms with E-state index in [0.717, 1.165) is 27.7 Å². The molecular formula is C16H17Br2NOS. The Morgan fingerprint density at radius 1 is 1.38 bits per heavy atom. The Bertz CT molecular complexity index is 609. The molecule has 3 rings (SSSR count). The number of halogens is 2. The molecule has 0 saturated heterocycles. The third-order valence-corrected chi connectivity index (χ3v) is 7.27. The number of nitrogens with one attached hydrogen (secondary N) is 1. The molecule has 0 amide bonds. The van der Waals surface area contributed by atoms with Gasteiger partial charge in [-0.05, 0) is 68.9 Å². The van der Waals surface area contributed by atoms with Crippen LogP contribution < -0.4 is 5.32 Å². The summed E-state index contributed by atoms with van der Waals surface area (Å²) in [5.41, 5.74) is 2.77. The van der Waals surface area contributed by atoms with Gasteiger partial charge in [-0.1, -0.05) is 24.3 Å². The van der Waals surface area contributed by atoms with Gasteiger partial charge in [0, 0.05) is 15.4 Å². The number of benzene rings is 1. The van der Waals surface area contributed by atoms with Crippen molar-refractivity contribution in [2.45, 2.75) is 25.0 Å². The molecule has 0 bridgehead atoms. The zero-order valence-corrected chi connectivity index (χ0v) is 15.7. The Morgan fingerprint density at radius 2 is 2.19 bits per heavy atom. The first-order valence-electron chi connectivity index (χ1n) is 7.00. The third kappa shape index (κ3) is 3.42. The first-order chi connectivity index (χ1) is 10.2. The monoisotopic (exact) mass is 429 g/mol. The molecule has 112 valence electrons. The summed E-state index contributed by atoms with van der Waals surface area (Å²) in [6.07, 6.45) is 2.15. The van der Waals surface area contributed by atoms with Crippen LogP contribution in [-0.2, 0) is 11.2 Å². The van der Waals surface area contributed by atoms with Crippen LogP contribution in [-0.4, -0.2) is 13.7 Å². The van der Waals surface area contributed by atoms with Crippen molar-refractivity contribution in [2.24, 2.45) is 0 Å². The van der Waals surface area contributed by atoms with Gasteiger partial charge in [0.2, 0.25) is 0 Å². The zero-order valence-electron chi connectivity index (χ0n) is 11.7. The van der Waals surface area contributed by atoms with Crippen molar-refractivity contribution in [1.82, 2.24) is 5.32 Å². The Balaban J connectivity index is 1.82. The van der Waals surface area contributed by atoms with Crippen molar-refractivity contribution in [1.29, 1.82) is 0 Å². The summed E-state index contributed by atoms with van der Waals surface area (Å²) in [5.74, 6) is 0. The molecule has 1 aliphatic rings. The molecule has 2 heterocycles. The summed E-state index contributed by atoms with van der Waals surface area (Å²) in [7, 11) is 2.01. The number of ether oxygens (including phenoxy) is 1. The first kappa shape index (κ1) is 15.7. The van der Waals surface area contributed by atoms with Gasteiger partial charge < -0.3 is 10.1 Å². The average molecular weight is 431 g/mol. The average Bonchev–Trinajstić information content (AvgIpc) is 2.84. The molecule has 0 aliphatic carbocycles. The number of rotatable bonds is 4. The van der Waals surface area contributed by atoms with Crippen molar-refractivity contribution in [3.05, 3.63) is 54.6 Å². The van der Waals surface area contributed by atoms with Gasteiger partial charge >= 0.3 is 0 Å². The second-order valence-corrected chi connectivity index (χ2v) is 8.41. The Kier molecular flexibility index (Phi) is 5.17. The highest BCUT2D eigenvalue weighted by Gasteiger charge is 2.25. The maximum absolute atomic E-state index is 6.04. The van der Waals surface area contributed by atoms with E-state index in [-0.39, 0.29) is 6.10 Å². The molecule has 2 atom stereocenters. The van der Waals surface area contributed by atoms with Crippen LogP contribution in [0.25, 0.3) is 0 Å². The van der Waals surface area contributed by atoms with E-state index in [2.05, 4.69) is 67.5 Å². The van der Waals surface area contributed by atoms with Crippen LogP contribution in [0.3, 0.4) is 0 Å². The number of fused-ring (bicyclic) bond motifs is 1. The fourth-order valence-electron chi connectivity index (χ4n) is 2.80. The van der Waals surface area contributed by atoms with Crippen LogP contribution in [0.4, 0.5) is 0 Å². The van der Waals surface area contributed by atoms with Crippen LogP contribution in [0.5, 0.6) is 0 Å². The summed E-state index contributed by atoms with van der Waals surface area (Å²) < 4.78 is 8.30. The molecule has 0 saturated carbocycles. The third-order valence-electron chi connectivity index (χ3n) is 3.90. The summed E-state index contributed by atoms with van der Waals surface area (Å²) in [6.45, 7) is 0.815. The molecule has 5 heteroatoms. The Labute approximate surface area is 146 Å². The van der Waals surface area contributed by atoms with Gasteiger partial charge in [-0.3, -0.25) is 0 Å². The molecular weight excluding hydrogens is 414 g/mol. The van der Waals surface area contributed by atoms with E-state index < -0.39 is 0 Å².